The summed E-state index contributed by atoms with van der Waals surface area (Å²) in [6.45, 7) is 2.93. The van der Waals surface area contributed by atoms with Crippen LogP contribution in [0.15, 0.2) is 50.8 Å². The third kappa shape index (κ3) is 4.05. The molecule has 2 aliphatic heterocycles. The van der Waals surface area contributed by atoms with Gasteiger partial charge >= 0.3 is 0 Å². The molecule has 3 heterocycles. The van der Waals surface area contributed by atoms with Gasteiger partial charge in [0.15, 0.2) is 5.76 Å². The van der Waals surface area contributed by atoms with E-state index >= 15 is 0 Å². The summed E-state index contributed by atoms with van der Waals surface area (Å²) in [6.07, 6.45) is 1.82. The number of rotatable bonds is 3. The topological polar surface area (TPSA) is 99.9 Å². The van der Waals surface area contributed by atoms with Crippen molar-refractivity contribution in [3.8, 4) is 0 Å². The van der Waals surface area contributed by atoms with Crippen LogP contribution < -0.4 is 5.32 Å². The summed E-state index contributed by atoms with van der Waals surface area (Å²) >= 11 is 1.55. The van der Waals surface area contributed by atoms with Gasteiger partial charge in [-0.05, 0) is 30.3 Å². The molecule has 1 atom stereocenters. The average molecular weight is 436 g/mol. The first kappa shape index (κ1) is 20.0. The van der Waals surface area contributed by atoms with E-state index in [9.17, 15) is 18.0 Å². The lowest BCUT2D eigenvalue weighted by atomic mass is 10.3. The Kier molecular flexibility index (Phi) is 5.41. The van der Waals surface area contributed by atoms with Crippen LogP contribution in [0.25, 0.3) is 0 Å². The molecule has 1 N–H and O–H groups in total. The molecule has 2 aliphatic rings. The molecule has 10 heteroatoms. The second-order valence-electron chi connectivity index (χ2n) is 7.01. The number of nitrogens with zero attached hydrogens (tertiary/aromatic N) is 2. The van der Waals surface area contributed by atoms with Crippen LogP contribution >= 0.6 is 11.8 Å². The first-order chi connectivity index (χ1) is 13.8. The lowest BCUT2D eigenvalue weighted by Gasteiger charge is -2.33. The molecule has 4 rings (SSSR count). The number of carbonyl (C=O) groups excluding carboxylic acids is 2. The van der Waals surface area contributed by atoms with Crippen LogP contribution in [0.5, 0.6) is 0 Å². The molecule has 0 bridgehead atoms. The number of benzene rings is 1. The van der Waals surface area contributed by atoms with E-state index < -0.39 is 10.0 Å². The number of piperazine rings is 1. The van der Waals surface area contributed by atoms with Gasteiger partial charge < -0.3 is 14.6 Å². The first-order valence-electron chi connectivity index (χ1n) is 9.28. The SMILES string of the molecule is CC1CC(=O)Nc2cc(S(=O)(=O)N3CCN(C(=O)c4ccco4)CC3)ccc2S1. The Morgan fingerprint density at radius 1 is 1.21 bits per heavy atom. The molecular formula is C19H21N3O5S2. The van der Waals surface area contributed by atoms with Crippen LogP contribution in [0.1, 0.15) is 23.9 Å². The fraction of sp³-hybridized carbons (Fsp3) is 0.368. The van der Waals surface area contributed by atoms with Crippen molar-refractivity contribution in [1.29, 1.82) is 0 Å². The number of sulfonamides is 1. The lowest BCUT2D eigenvalue weighted by molar-refractivity contribution is -0.116. The highest BCUT2D eigenvalue weighted by atomic mass is 32.2. The van der Waals surface area contributed by atoms with Crippen molar-refractivity contribution in [3.63, 3.8) is 0 Å². The first-order valence-corrected chi connectivity index (χ1v) is 11.6. The molecule has 1 saturated heterocycles. The van der Waals surface area contributed by atoms with Crippen molar-refractivity contribution in [3.05, 3.63) is 42.4 Å². The summed E-state index contributed by atoms with van der Waals surface area (Å²) in [5.74, 6) is -0.121. The molecule has 1 aromatic heterocycles. The van der Waals surface area contributed by atoms with E-state index in [-0.39, 0.29) is 53.9 Å². The van der Waals surface area contributed by atoms with E-state index in [1.54, 1.807) is 40.9 Å². The minimum absolute atomic E-state index is 0.122. The third-order valence-electron chi connectivity index (χ3n) is 4.92. The van der Waals surface area contributed by atoms with Gasteiger partial charge in [0.1, 0.15) is 0 Å². The predicted octanol–water partition coefficient (Wildman–Crippen LogP) is 2.25. The Hall–Kier alpha value is -2.30. The van der Waals surface area contributed by atoms with Crippen LogP contribution in [0, 0.1) is 0 Å². The van der Waals surface area contributed by atoms with E-state index in [1.165, 1.54) is 16.6 Å². The van der Waals surface area contributed by atoms with Gasteiger partial charge in [-0.1, -0.05) is 6.92 Å². The van der Waals surface area contributed by atoms with Gasteiger partial charge in [0.05, 0.1) is 16.8 Å². The van der Waals surface area contributed by atoms with Gasteiger partial charge in [-0.3, -0.25) is 9.59 Å². The Balaban J connectivity index is 1.50. The van der Waals surface area contributed by atoms with E-state index in [1.807, 2.05) is 6.92 Å². The standard InChI is InChI=1S/C19H21N3O5S2/c1-13-11-18(23)20-15-12-14(4-5-17(15)28-13)29(25,26)22-8-6-21(7-9-22)19(24)16-3-2-10-27-16/h2-5,10,12-13H,6-9,11H2,1H3,(H,20,23). The van der Waals surface area contributed by atoms with Crippen LogP contribution in [-0.4, -0.2) is 60.9 Å². The van der Waals surface area contributed by atoms with Gasteiger partial charge in [0.25, 0.3) is 5.91 Å². The molecule has 2 amide bonds. The molecule has 29 heavy (non-hydrogen) atoms. The second-order valence-corrected chi connectivity index (χ2v) is 10.4. The number of thioether (sulfide) groups is 1. The number of fused-ring (bicyclic) bond motifs is 1. The molecule has 1 fully saturated rings. The Morgan fingerprint density at radius 3 is 2.66 bits per heavy atom. The van der Waals surface area contributed by atoms with Crippen molar-refractivity contribution in [2.75, 3.05) is 31.5 Å². The smallest absolute Gasteiger partial charge is 0.289 e. The van der Waals surface area contributed by atoms with Crippen LogP contribution in [-0.2, 0) is 14.8 Å². The van der Waals surface area contributed by atoms with Crippen molar-refractivity contribution in [2.24, 2.45) is 0 Å². The zero-order valence-electron chi connectivity index (χ0n) is 15.8. The van der Waals surface area contributed by atoms with E-state index in [4.69, 9.17) is 4.42 Å². The third-order valence-corrected chi connectivity index (χ3v) is 8.00. The zero-order chi connectivity index (χ0) is 20.6. The number of amides is 2. The number of hydrogen-bond acceptors (Lipinski definition) is 6. The molecular weight excluding hydrogens is 414 g/mol. The molecule has 1 aromatic carbocycles. The number of anilines is 1. The highest BCUT2D eigenvalue weighted by Crippen LogP contribution is 2.36. The van der Waals surface area contributed by atoms with Gasteiger partial charge in [0.2, 0.25) is 15.9 Å². The number of hydrogen-bond donors (Lipinski definition) is 1. The molecule has 154 valence electrons. The highest BCUT2D eigenvalue weighted by molar-refractivity contribution is 8.00. The molecule has 0 spiro atoms. The Bertz CT molecular complexity index is 1030. The summed E-state index contributed by atoms with van der Waals surface area (Å²) < 4.78 is 32.7. The molecule has 1 unspecified atom stereocenters. The quantitative estimate of drug-likeness (QED) is 0.794. The average Bonchev–Trinajstić information content (AvgIpc) is 3.18. The fourth-order valence-electron chi connectivity index (χ4n) is 3.43. The maximum Gasteiger partial charge on any atom is 0.289 e. The van der Waals surface area contributed by atoms with Crippen LogP contribution in [0.2, 0.25) is 0 Å². The molecule has 0 aliphatic carbocycles. The van der Waals surface area contributed by atoms with Crippen molar-refractivity contribution in [1.82, 2.24) is 9.21 Å². The fourth-order valence-corrected chi connectivity index (χ4v) is 5.93. The Labute approximate surface area is 173 Å². The summed E-state index contributed by atoms with van der Waals surface area (Å²) in [5.41, 5.74) is 0.525. The van der Waals surface area contributed by atoms with Gasteiger partial charge in [-0.15, -0.1) is 11.8 Å². The predicted molar refractivity (Wildman–Crippen MR) is 108 cm³/mol. The number of furan rings is 1. The summed E-state index contributed by atoms with van der Waals surface area (Å²) in [4.78, 5) is 26.9. The summed E-state index contributed by atoms with van der Waals surface area (Å²) in [5, 5.41) is 2.92. The van der Waals surface area contributed by atoms with Crippen LogP contribution in [0.4, 0.5) is 5.69 Å². The highest BCUT2D eigenvalue weighted by Gasteiger charge is 2.32. The number of carbonyl (C=O) groups is 2. The van der Waals surface area contributed by atoms with Crippen molar-refractivity contribution >= 4 is 39.3 Å². The van der Waals surface area contributed by atoms with Gasteiger partial charge in [0, 0.05) is 42.7 Å². The second kappa shape index (κ2) is 7.85. The number of nitrogens with one attached hydrogen (secondary N) is 1. The minimum Gasteiger partial charge on any atom is -0.459 e. The summed E-state index contributed by atoms with van der Waals surface area (Å²) in [7, 11) is -3.73. The molecule has 8 nitrogen and oxygen atoms in total. The molecule has 0 saturated carbocycles. The van der Waals surface area contributed by atoms with E-state index in [0.717, 1.165) is 4.90 Å². The minimum atomic E-state index is -3.73. The Morgan fingerprint density at radius 2 is 1.97 bits per heavy atom. The maximum absolute atomic E-state index is 13.1. The molecule has 2 aromatic rings. The van der Waals surface area contributed by atoms with E-state index in [0.29, 0.717) is 12.1 Å². The van der Waals surface area contributed by atoms with Crippen molar-refractivity contribution in [2.45, 2.75) is 28.4 Å². The lowest BCUT2D eigenvalue weighted by Crippen LogP contribution is -2.50. The van der Waals surface area contributed by atoms with Gasteiger partial charge in [-0.25, -0.2) is 8.42 Å². The zero-order valence-corrected chi connectivity index (χ0v) is 17.5. The van der Waals surface area contributed by atoms with Crippen LogP contribution in [0.3, 0.4) is 0 Å². The summed E-state index contributed by atoms with van der Waals surface area (Å²) in [6, 6.07) is 8.07. The largest absolute Gasteiger partial charge is 0.459 e. The normalized spacial score (nSPS) is 20.7. The van der Waals surface area contributed by atoms with Gasteiger partial charge in [-0.2, -0.15) is 4.31 Å². The maximum atomic E-state index is 13.1. The monoisotopic (exact) mass is 435 g/mol. The van der Waals surface area contributed by atoms with E-state index in [2.05, 4.69) is 5.32 Å². The van der Waals surface area contributed by atoms with Crippen molar-refractivity contribution < 1.29 is 22.4 Å². The molecule has 0 radical (unpaired) electrons.